The van der Waals surface area contributed by atoms with Crippen LogP contribution in [0, 0.1) is 12.8 Å². The van der Waals surface area contributed by atoms with Gasteiger partial charge >= 0.3 is 0 Å². The lowest BCUT2D eigenvalue weighted by atomic mass is 9.92. The van der Waals surface area contributed by atoms with E-state index in [-0.39, 0.29) is 12.5 Å². The Morgan fingerprint density at radius 2 is 2.09 bits per heavy atom. The summed E-state index contributed by atoms with van der Waals surface area (Å²) in [5, 5.41) is 13.1. The van der Waals surface area contributed by atoms with Crippen LogP contribution in [0.5, 0.6) is 5.75 Å². The number of hydrogen-bond donors (Lipinski definition) is 2. The van der Waals surface area contributed by atoms with Crippen LogP contribution in [0.15, 0.2) is 36.5 Å². The van der Waals surface area contributed by atoms with Crippen molar-refractivity contribution in [1.82, 2.24) is 10.3 Å². The largest absolute Gasteiger partial charge is 0.494 e. The summed E-state index contributed by atoms with van der Waals surface area (Å²) in [6.45, 7) is 6.78. The molecule has 0 unspecified atom stereocenters. The third-order valence-electron chi connectivity index (χ3n) is 6.09. The van der Waals surface area contributed by atoms with Gasteiger partial charge in [0.05, 0.1) is 17.7 Å². The van der Waals surface area contributed by atoms with Crippen molar-refractivity contribution in [2.24, 2.45) is 5.92 Å². The molecule has 1 aromatic heterocycles. The lowest BCUT2D eigenvalue weighted by molar-refractivity contribution is 0.0913. The molecule has 174 valence electrons. The number of nitrogens with zero attached hydrogens (tertiary/aromatic N) is 2. The van der Waals surface area contributed by atoms with Crippen LogP contribution in [0.25, 0.3) is 0 Å². The predicted octanol–water partition coefficient (Wildman–Crippen LogP) is 4.62. The van der Waals surface area contributed by atoms with Crippen molar-refractivity contribution in [2.75, 3.05) is 31.1 Å². The van der Waals surface area contributed by atoms with Crippen LogP contribution in [-0.2, 0) is 0 Å². The van der Waals surface area contributed by atoms with Gasteiger partial charge in [-0.3, -0.25) is 4.79 Å². The van der Waals surface area contributed by atoms with Crippen molar-refractivity contribution in [3.63, 3.8) is 0 Å². The maximum absolute atomic E-state index is 12.3. The molecular formula is C25H34ClN3O3. The van der Waals surface area contributed by atoms with Gasteiger partial charge in [0.15, 0.2) is 0 Å². The molecule has 7 heteroatoms. The number of carbonyl (C=O) groups excluding carboxylic acids is 1. The van der Waals surface area contributed by atoms with Crippen molar-refractivity contribution < 1.29 is 14.6 Å². The monoisotopic (exact) mass is 459 g/mol. The highest BCUT2D eigenvalue weighted by molar-refractivity contribution is 6.30. The molecule has 1 aliphatic heterocycles. The lowest BCUT2D eigenvalue weighted by Crippen LogP contribution is -2.34. The van der Waals surface area contributed by atoms with Gasteiger partial charge in [-0.1, -0.05) is 18.5 Å². The van der Waals surface area contributed by atoms with Crippen LogP contribution in [-0.4, -0.2) is 48.3 Å². The molecule has 0 aliphatic carbocycles. The topological polar surface area (TPSA) is 74.7 Å². The first kappa shape index (κ1) is 24.3. The first-order valence-corrected chi connectivity index (χ1v) is 11.9. The summed E-state index contributed by atoms with van der Waals surface area (Å²) < 4.78 is 5.93. The molecule has 1 atom stereocenters. The number of piperidine rings is 1. The Hall–Kier alpha value is -2.31. The molecule has 1 saturated heterocycles. The Kier molecular flexibility index (Phi) is 9.18. The van der Waals surface area contributed by atoms with Gasteiger partial charge in [0.1, 0.15) is 11.6 Å². The summed E-state index contributed by atoms with van der Waals surface area (Å²) in [5.41, 5.74) is 1.48. The lowest BCUT2D eigenvalue weighted by Gasteiger charge is -2.32. The zero-order valence-corrected chi connectivity index (χ0v) is 19.8. The number of aryl methyl sites for hydroxylation is 1. The molecule has 2 N–H and O–H groups in total. The van der Waals surface area contributed by atoms with E-state index in [0.29, 0.717) is 29.5 Å². The SMILES string of the molecule is CC[C@@H](O)CNC(=O)c1ccc(OCCCC2CCN(c3ccc(Cl)cn3)CC2)cc1C. The molecule has 0 bridgehead atoms. The quantitative estimate of drug-likeness (QED) is 0.507. The second-order valence-corrected chi connectivity index (χ2v) is 8.94. The number of aromatic nitrogens is 1. The van der Waals surface area contributed by atoms with E-state index >= 15 is 0 Å². The van der Waals surface area contributed by atoms with Crippen LogP contribution in [0.2, 0.25) is 5.02 Å². The van der Waals surface area contributed by atoms with E-state index in [1.165, 1.54) is 12.8 Å². The summed E-state index contributed by atoms with van der Waals surface area (Å²) in [4.78, 5) is 19.0. The van der Waals surface area contributed by atoms with Crippen LogP contribution in [0.4, 0.5) is 5.82 Å². The second kappa shape index (κ2) is 12.1. The Balaban J connectivity index is 1.36. The number of nitrogens with one attached hydrogen (secondary N) is 1. The minimum absolute atomic E-state index is 0.165. The standard InChI is InChI=1S/C25H34ClN3O3/c1-3-21(30)17-28-25(31)23-8-7-22(15-18(23)2)32-14-4-5-19-10-12-29(13-11-19)24-9-6-20(26)16-27-24/h6-9,15-16,19,21,30H,3-5,10-14,17H2,1-2H3,(H,28,31)/t21-/m1/s1. The molecule has 32 heavy (non-hydrogen) atoms. The molecule has 0 spiro atoms. The third kappa shape index (κ3) is 7.10. The van der Waals surface area contributed by atoms with Gasteiger partial charge in [0.2, 0.25) is 0 Å². The van der Waals surface area contributed by atoms with Gasteiger partial charge in [-0.15, -0.1) is 0 Å². The second-order valence-electron chi connectivity index (χ2n) is 8.50. The van der Waals surface area contributed by atoms with Gasteiger partial charge in [-0.05, 0) is 80.8 Å². The summed E-state index contributed by atoms with van der Waals surface area (Å²) in [6, 6.07) is 9.42. The molecule has 3 rings (SSSR count). The molecule has 2 heterocycles. The van der Waals surface area contributed by atoms with Crippen LogP contribution >= 0.6 is 11.6 Å². The summed E-state index contributed by atoms with van der Waals surface area (Å²) >= 11 is 5.93. The molecule has 0 radical (unpaired) electrons. The van der Waals surface area contributed by atoms with Gasteiger partial charge in [0.25, 0.3) is 5.91 Å². The van der Waals surface area contributed by atoms with Crippen molar-refractivity contribution in [3.05, 3.63) is 52.7 Å². The Morgan fingerprint density at radius 1 is 1.31 bits per heavy atom. The van der Waals surface area contributed by atoms with Crippen LogP contribution in [0.1, 0.15) is 54.9 Å². The minimum atomic E-state index is -0.511. The number of pyridine rings is 1. The Labute approximate surface area is 195 Å². The highest BCUT2D eigenvalue weighted by Crippen LogP contribution is 2.26. The van der Waals surface area contributed by atoms with E-state index in [4.69, 9.17) is 16.3 Å². The third-order valence-corrected chi connectivity index (χ3v) is 6.31. The smallest absolute Gasteiger partial charge is 0.251 e. The average Bonchev–Trinajstić information content (AvgIpc) is 2.81. The van der Waals surface area contributed by atoms with E-state index in [2.05, 4.69) is 15.2 Å². The van der Waals surface area contributed by atoms with E-state index in [0.717, 1.165) is 43.1 Å². The fourth-order valence-corrected chi connectivity index (χ4v) is 4.11. The Morgan fingerprint density at radius 3 is 2.75 bits per heavy atom. The number of carbonyl (C=O) groups is 1. The fraction of sp³-hybridized carbons (Fsp3) is 0.520. The first-order chi connectivity index (χ1) is 15.5. The number of hydrogen-bond acceptors (Lipinski definition) is 5. The van der Waals surface area contributed by atoms with Crippen molar-refractivity contribution in [3.8, 4) is 5.75 Å². The molecular weight excluding hydrogens is 426 g/mol. The van der Waals surface area contributed by atoms with Gasteiger partial charge < -0.3 is 20.1 Å². The average molecular weight is 460 g/mol. The number of aliphatic hydroxyl groups excluding tert-OH is 1. The number of benzene rings is 1. The number of amides is 1. The van der Waals surface area contributed by atoms with Crippen molar-refractivity contribution in [1.29, 1.82) is 0 Å². The first-order valence-electron chi connectivity index (χ1n) is 11.5. The van der Waals surface area contributed by atoms with Crippen molar-refractivity contribution >= 4 is 23.3 Å². The number of rotatable bonds is 10. The molecule has 1 amide bonds. The number of ether oxygens (including phenoxy) is 1. The molecule has 1 aromatic carbocycles. The van der Waals surface area contributed by atoms with E-state index in [9.17, 15) is 9.90 Å². The highest BCUT2D eigenvalue weighted by Gasteiger charge is 2.20. The normalized spacial score (nSPS) is 15.4. The van der Waals surface area contributed by atoms with Gasteiger partial charge in [-0.25, -0.2) is 4.98 Å². The molecule has 1 fully saturated rings. The van der Waals surface area contributed by atoms with Gasteiger partial charge in [0, 0.05) is 31.4 Å². The zero-order chi connectivity index (χ0) is 22.9. The maximum atomic E-state index is 12.3. The molecule has 0 saturated carbocycles. The van der Waals surface area contributed by atoms with Gasteiger partial charge in [-0.2, -0.15) is 0 Å². The van der Waals surface area contributed by atoms with Crippen molar-refractivity contribution in [2.45, 2.75) is 52.1 Å². The zero-order valence-electron chi connectivity index (χ0n) is 19.0. The molecule has 1 aliphatic rings. The number of halogens is 1. The minimum Gasteiger partial charge on any atom is -0.494 e. The molecule has 2 aromatic rings. The van der Waals surface area contributed by atoms with Crippen LogP contribution in [0.3, 0.4) is 0 Å². The highest BCUT2D eigenvalue weighted by atomic mass is 35.5. The van der Waals surface area contributed by atoms with E-state index in [1.54, 1.807) is 12.3 Å². The van der Waals surface area contributed by atoms with E-state index in [1.807, 2.05) is 38.1 Å². The van der Waals surface area contributed by atoms with Crippen LogP contribution < -0.4 is 15.0 Å². The Bertz CT molecular complexity index is 867. The number of aliphatic hydroxyl groups is 1. The summed E-state index contributed by atoms with van der Waals surface area (Å²) in [7, 11) is 0. The summed E-state index contributed by atoms with van der Waals surface area (Å²) in [6.07, 6.45) is 6.31. The van der Waals surface area contributed by atoms with E-state index < -0.39 is 6.10 Å². The maximum Gasteiger partial charge on any atom is 0.251 e. The number of anilines is 1. The summed E-state index contributed by atoms with van der Waals surface area (Å²) in [5.74, 6) is 2.34. The molecule has 6 nitrogen and oxygen atoms in total. The predicted molar refractivity (Wildman–Crippen MR) is 129 cm³/mol. The fourth-order valence-electron chi connectivity index (χ4n) is 4.00.